The van der Waals surface area contributed by atoms with Gasteiger partial charge in [0.2, 0.25) is 0 Å². The second kappa shape index (κ2) is 9.43. The van der Waals surface area contributed by atoms with Gasteiger partial charge in [0, 0.05) is 5.69 Å². The van der Waals surface area contributed by atoms with Crippen molar-refractivity contribution in [3.63, 3.8) is 0 Å². The van der Waals surface area contributed by atoms with E-state index < -0.39 is 0 Å². The van der Waals surface area contributed by atoms with Crippen LogP contribution in [0.25, 0.3) is 0 Å². The fourth-order valence-electron chi connectivity index (χ4n) is 3.22. The highest BCUT2D eigenvalue weighted by Crippen LogP contribution is 2.14. The molecule has 1 fully saturated rings. The molecule has 1 aliphatic rings. The van der Waals surface area contributed by atoms with Crippen LogP contribution in [-0.2, 0) is 4.79 Å². The largest absolute Gasteiger partial charge is 0.485 e. The SMILES string of the molecule is O=C(C[NH+]1CC[NH+](CCOc2ccccc2F)CC1)Nc1ccc(F)cc1. The van der Waals surface area contributed by atoms with Crippen molar-refractivity contribution in [2.45, 2.75) is 0 Å². The van der Waals surface area contributed by atoms with Gasteiger partial charge in [0.05, 0.1) is 0 Å². The second-order valence-electron chi connectivity index (χ2n) is 6.76. The van der Waals surface area contributed by atoms with Gasteiger partial charge in [0.1, 0.15) is 45.1 Å². The maximum absolute atomic E-state index is 13.5. The van der Waals surface area contributed by atoms with E-state index in [-0.39, 0.29) is 17.5 Å². The monoisotopic (exact) mass is 377 g/mol. The number of quaternary nitrogens is 2. The fourth-order valence-corrected chi connectivity index (χ4v) is 3.22. The highest BCUT2D eigenvalue weighted by molar-refractivity contribution is 5.91. The molecule has 0 unspecified atom stereocenters. The highest BCUT2D eigenvalue weighted by atomic mass is 19.1. The van der Waals surface area contributed by atoms with Crippen LogP contribution in [0, 0.1) is 11.6 Å². The van der Waals surface area contributed by atoms with Gasteiger partial charge in [-0.25, -0.2) is 8.78 Å². The predicted molar refractivity (Wildman–Crippen MR) is 98.1 cm³/mol. The molecule has 144 valence electrons. The smallest absolute Gasteiger partial charge is 0.279 e. The van der Waals surface area contributed by atoms with Crippen LogP contribution in [0.3, 0.4) is 0 Å². The Kier molecular flexibility index (Phi) is 6.73. The molecule has 0 aromatic heterocycles. The molecule has 1 aliphatic heterocycles. The van der Waals surface area contributed by atoms with Crippen LogP contribution >= 0.6 is 0 Å². The minimum atomic E-state index is -0.339. The topological polar surface area (TPSA) is 47.2 Å². The van der Waals surface area contributed by atoms with Crippen molar-refractivity contribution in [3.8, 4) is 5.75 Å². The molecule has 0 aliphatic carbocycles. The average Bonchev–Trinajstić information content (AvgIpc) is 2.66. The minimum absolute atomic E-state index is 0.0667. The summed E-state index contributed by atoms with van der Waals surface area (Å²) in [6.45, 7) is 5.35. The molecule has 0 saturated carbocycles. The van der Waals surface area contributed by atoms with E-state index in [0.717, 1.165) is 32.7 Å². The summed E-state index contributed by atoms with van der Waals surface area (Å²) >= 11 is 0. The van der Waals surface area contributed by atoms with E-state index in [1.165, 1.54) is 28.0 Å². The molecular weight excluding hydrogens is 352 g/mol. The van der Waals surface area contributed by atoms with Crippen molar-refractivity contribution >= 4 is 11.6 Å². The number of nitrogens with one attached hydrogen (secondary N) is 3. The van der Waals surface area contributed by atoms with Crippen molar-refractivity contribution in [1.29, 1.82) is 0 Å². The van der Waals surface area contributed by atoms with Gasteiger partial charge in [-0.1, -0.05) is 12.1 Å². The van der Waals surface area contributed by atoms with Gasteiger partial charge in [-0.15, -0.1) is 0 Å². The summed E-state index contributed by atoms with van der Waals surface area (Å²) in [6.07, 6.45) is 0. The number of rotatable bonds is 7. The summed E-state index contributed by atoms with van der Waals surface area (Å²) in [4.78, 5) is 14.7. The maximum atomic E-state index is 13.5. The zero-order chi connectivity index (χ0) is 19.1. The lowest BCUT2D eigenvalue weighted by atomic mass is 10.3. The summed E-state index contributed by atoms with van der Waals surface area (Å²) in [7, 11) is 0. The van der Waals surface area contributed by atoms with Crippen LogP contribution in [0.1, 0.15) is 0 Å². The van der Waals surface area contributed by atoms with Crippen molar-refractivity contribution in [2.75, 3.05) is 51.2 Å². The van der Waals surface area contributed by atoms with Gasteiger partial charge in [-0.05, 0) is 36.4 Å². The Bertz CT molecular complexity index is 747. The number of carbonyl (C=O) groups is 1. The molecule has 0 spiro atoms. The number of anilines is 1. The zero-order valence-electron chi connectivity index (χ0n) is 15.1. The average molecular weight is 377 g/mol. The molecule has 27 heavy (non-hydrogen) atoms. The van der Waals surface area contributed by atoms with E-state index >= 15 is 0 Å². The van der Waals surface area contributed by atoms with Crippen molar-refractivity contribution in [3.05, 3.63) is 60.2 Å². The number of para-hydroxylation sites is 1. The standard InChI is InChI=1S/C20H23F2N3O2/c21-16-5-7-17(8-6-16)23-20(26)15-25-11-9-24(10-12-25)13-14-27-19-4-2-1-3-18(19)22/h1-8H,9-15H2,(H,23,26)/p+2. The van der Waals surface area contributed by atoms with E-state index in [0.29, 0.717) is 24.6 Å². The quantitative estimate of drug-likeness (QED) is 0.624. The first-order chi connectivity index (χ1) is 13.1. The molecular formula is C20H25F2N3O2+2. The van der Waals surface area contributed by atoms with Crippen LogP contribution in [0.5, 0.6) is 5.75 Å². The number of halogens is 2. The number of ether oxygens (including phenoxy) is 1. The first-order valence-electron chi connectivity index (χ1n) is 9.20. The van der Waals surface area contributed by atoms with Crippen molar-refractivity contribution < 1.29 is 28.1 Å². The molecule has 3 rings (SSSR count). The fraction of sp³-hybridized carbons (Fsp3) is 0.350. The van der Waals surface area contributed by atoms with Gasteiger partial charge in [0.25, 0.3) is 5.91 Å². The maximum Gasteiger partial charge on any atom is 0.279 e. The molecule has 2 aromatic rings. The normalized spacial score (nSPS) is 19.5. The lowest BCUT2D eigenvalue weighted by Crippen LogP contribution is -3.28. The Morgan fingerprint density at radius 2 is 1.63 bits per heavy atom. The highest BCUT2D eigenvalue weighted by Gasteiger charge is 2.24. The lowest BCUT2D eigenvalue weighted by molar-refractivity contribution is -1.01. The summed E-state index contributed by atoms with van der Waals surface area (Å²) in [6, 6.07) is 12.2. The van der Waals surface area contributed by atoms with Gasteiger partial charge in [0.15, 0.2) is 18.1 Å². The minimum Gasteiger partial charge on any atom is -0.485 e. The molecule has 1 saturated heterocycles. The Balaban J connectivity index is 1.34. The molecule has 0 radical (unpaired) electrons. The number of amides is 1. The van der Waals surface area contributed by atoms with Crippen molar-refractivity contribution in [2.24, 2.45) is 0 Å². The Labute approximate surface area is 157 Å². The molecule has 5 nitrogen and oxygen atoms in total. The summed E-state index contributed by atoms with van der Waals surface area (Å²) < 4.78 is 31.9. The van der Waals surface area contributed by atoms with E-state index in [2.05, 4.69) is 5.32 Å². The number of carbonyl (C=O) groups excluding carboxylic acids is 1. The van der Waals surface area contributed by atoms with E-state index in [4.69, 9.17) is 4.74 Å². The number of hydrogen-bond acceptors (Lipinski definition) is 2. The third kappa shape index (κ3) is 6.01. The molecule has 0 bridgehead atoms. The molecule has 3 N–H and O–H groups in total. The van der Waals surface area contributed by atoms with Crippen LogP contribution in [0.2, 0.25) is 0 Å². The number of piperazine rings is 1. The molecule has 0 atom stereocenters. The van der Waals surface area contributed by atoms with Crippen LogP contribution in [-0.4, -0.2) is 51.8 Å². The first-order valence-corrected chi connectivity index (χ1v) is 9.20. The number of hydrogen-bond donors (Lipinski definition) is 3. The van der Waals surface area contributed by atoms with Gasteiger partial charge in [-0.3, -0.25) is 4.79 Å². The Morgan fingerprint density at radius 3 is 2.33 bits per heavy atom. The van der Waals surface area contributed by atoms with E-state index in [9.17, 15) is 13.6 Å². The predicted octanol–water partition coefficient (Wildman–Crippen LogP) is -0.234. The van der Waals surface area contributed by atoms with E-state index in [1.54, 1.807) is 30.3 Å². The molecule has 7 heteroatoms. The van der Waals surface area contributed by atoms with Crippen molar-refractivity contribution in [1.82, 2.24) is 0 Å². The van der Waals surface area contributed by atoms with Gasteiger partial charge in [-0.2, -0.15) is 0 Å². The lowest BCUT2D eigenvalue weighted by Gasteiger charge is -2.29. The van der Waals surface area contributed by atoms with Crippen LogP contribution in [0.15, 0.2) is 48.5 Å². The second-order valence-corrected chi connectivity index (χ2v) is 6.76. The Morgan fingerprint density at radius 1 is 0.963 bits per heavy atom. The van der Waals surface area contributed by atoms with Crippen LogP contribution in [0.4, 0.5) is 14.5 Å². The Hall–Kier alpha value is -2.51. The third-order valence-corrected chi connectivity index (χ3v) is 4.75. The summed E-state index contributed by atoms with van der Waals surface area (Å²) in [5.74, 6) is -0.438. The van der Waals surface area contributed by atoms with Gasteiger partial charge >= 0.3 is 0 Å². The van der Waals surface area contributed by atoms with Crippen LogP contribution < -0.4 is 19.9 Å². The number of benzene rings is 2. The zero-order valence-corrected chi connectivity index (χ0v) is 15.1. The molecule has 1 heterocycles. The third-order valence-electron chi connectivity index (χ3n) is 4.75. The summed E-state index contributed by atoms with van der Waals surface area (Å²) in [5.41, 5.74) is 0.607. The first kappa shape index (κ1) is 19.3. The summed E-state index contributed by atoms with van der Waals surface area (Å²) in [5, 5.41) is 2.80. The molecule has 1 amide bonds. The van der Waals surface area contributed by atoms with E-state index in [1.807, 2.05) is 0 Å². The molecule has 2 aromatic carbocycles. The van der Waals surface area contributed by atoms with Gasteiger partial charge < -0.3 is 19.9 Å².